The molecule has 0 heterocycles. The van der Waals surface area contributed by atoms with Crippen LogP contribution in [0.4, 0.5) is 5.69 Å². The van der Waals surface area contributed by atoms with Crippen LogP contribution < -0.4 is 10.5 Å². The molecule has 23 heavy (non-hydrogen) atoms. The second kappa shape index (κ2) is 7.63. The van der Waals surface area contributed by atoms with Gasteiger partial charge in [0.05, 0.1) is 4.90 Å². The molecule has 0 saturated heterocycles. The first-order chi connectivity index (χ1) is 10.9. The number of sulfonamides is 1. The van der Waals surface area contributed by atoms with Crippen molar-refractivity contribution in [3.63, 3.8) is 0 Å². The fraction of sp³-hybridized carbons (Fsp3) is 0.188. The molecule has 0 atom stereocenters. The summed E-state index contributed by atoms with van der Waals surface area (Å²) in [4.78, 5) is 13.1. The molecule has 2 rings (SSSR count). The van der Waals surface area contributed by atoms with Crippen LogP contribution in [0.15, 0.2) is 58.3 Å². The van der Waals surface area contributed by atoms with Gasteiger partial charge in [0.25, 0.3) is 0 Å². The number of carbonyl (C=O) groups is 1. The lowest BCUT2D eigenvalue weighted by atomic mass is 10.1. The summed E-state index contributed by atoms with van der Waals surface area (Å²) < 4.78 is 22.4. The van der Waals surface area contributed by atoms with Crippen molar-refractivity contribution in [3.8, 4) is 0 Å². The van der Waals surface area contributed by atoms with Crippen molar-refractivity contribution in [1.29, 1.82) is 0 Å². The Balaban J connectivity index is 1.91. The Bertz CT molecular complexity index is 787. The average molecular weight is 350 g/mol. The second-order valence-electron chi connectivity index (χ2n) is 4.97. The fourth-order valence-corrected chi connectivity index (χ4v) is 3.00. The Morgan fingerprint density at radius 1 is 1.17 bits per heavy atom. The first kappa shape index (κ1) is 17.5. The molecule has 2 aromatic rings. The number of nitrogens with one attached hydrogen (secondary N) is 1. The van der Waals surface area contributed by atoms with Crippen LogP contribution in [-0.2, 0) is 21.2 Å². The van der Waals surface area contributed by atoms with Crippen LogP contribution >= 0.6 is 11.8 Å². The lowest BCUT2D eigenvalue weighted by molar-refractivity contribution is -0.116. The summed E-state index contributed by atoms with van der Waals surface area (Å²) in [6.07, 6.45) is 2.82. The van der Waals surface area contributed by atoms with E-state index in [1.165, 1.54) is 12.1 Å². The molecule has 0 bridgehead atoms. The first-order valence-corrected chi connectivity index (χ1v) is 9.71. The van der Waals surface area contributed by atoms with E-state index in [1.54, 1.807) is 23.9 Å². The SMILES string of the molecule is CSc1cccc(NC(=O)CCc2ccc(S(N)(=O)=O)cc2)c1. The molecular formula is C16H18N2O3S2. The number of primary sulfonamides is 1. The number of hydrogen-bond donors (Lipinski definition) is 2. The van der Waals surface area contributed by atoms with Gasteiger partial charge in [-0.05, 0) is 48.6 Å². The van der Waals surface area contributed by atoms with E-state index in [1.807, 2.05) is 30.5 Å². The molecule has 5 nitrogen and oxygen atoms in total. The van der Waals surface area contributed by atoms with Crippen LogP contribution in [0.5, 0.6) is 0 Å². The minimum absolute atomic E-state index is 0.0691. The maximum atomic E-state index is 12.0. The molecule has 1 amide bonds. The molecule has 2 aromatic carbocycles. The lowest BCUT2D eigenvalue weighted by Crippen LogP contribution is -2.13. The zero-order valence-electron chi connectivity index (χ0n) is 12.7. The second-order valence-corrected chi connectivity index (χ2v) is 7.41. The highest BCUT2D eigenvalue weighted by molar-refractivity contribution is 7.98. The van der Waals surface area contributed by atoms with Crippen molar-refractivity contribution in [2.45, 2.75) is 22.6 Å². The van der Waals surface area contributed by atoms with Crippen molar-refractivity contribution in [3.05, 3.63) is 54.1 Å². The highest BCUT2D eigenvalue weighted by Crippen LogP contribution is 2.19. The lowest BCUT2D eigenvalue weighted by Gasteiger charge is -2.07. The van der Waals surface area contributed by atoms with Crippen molar-refractivity contribution < 1.29 is 13.2 Å². The van der Waals surface area contributed by atoms with Crippen LogP contribution in [0.25, 0.3) is 0 Å². The van der Waals surface area contributed by atoms with Gasteiger partial charge in [0.2, 0.25) is 15.9 Å². The number of rotatable bonds is 6. The summed E-state index contributed by atoms with van der Waals surface area (Å²) in [5.41, 5.74) is 1.65. The van der Waals surface area contributed by atoms with Gasteiger partial charge in [-0.3, -0.25) is 4.79 Å². The van der Waals surface area contributed by atoms with E-state index in [0.717, 1.165) is 16.1 Å². The van der Waals surface area contributed by atoms with Crippen LogP contribution in [0.3, 0.4) is 0 Å². The minimum atomic E-state index is -3.68. The van der Waals surface area contributed by atoms with Crippen LogP contribution in [-0.4, -0.2) is 20.6 Å². The number of carbonyl (C=O) groups excluding carboxylic acids is 1. The molecule has 0 aromatic heterocycles. The van der Waals surface area contributed by atoms with Crippen molar-refractivity contribution in [1.82, 2.24) is 0 Å². The summed E-state index contributed by atoms with van der Waals surface area (Å²) in [5.74, 6) is -0.0845. The van der Waals surface area contributed by atoms with Crippen molar-refractivity contribution in [2.75, 3.05) is 11.6 Å². The molecule has 0 aliphatic heterocycles. The van der Waals surface area contributed by atoms with E-state index in [4.69, 9.17) is 5.14 Å². The van der Waals surface area contributed by atoms with E-state index >= 15 is 0 Å². The summed E-state index contributed by atoms with van der Waals surface area (Å²) in [6.45, 7) is 0. The first-order valence-electron chi connectivity index (χ1n) is 6.94. The number of nitrogens with two attached hydrogens (primary N) is 1. The van der Waals surface area contributed by atoms with Gasteiger partial charge in [0.1, 0.15) is 0 Å². The predicted octanol–water partition coefficient (Wildman–Crippen LogP) is 2.63. The third-order valence-electron chi connectivity index (χ3n) is 3.25. The number of amides is 1. The maximum absolute atomic E-state index is 12.0. The zero-order valence-corrected chi connectivity index (χ0v) is 14.3. The van der Waals surface area contributed by atoms with Gasteiger partial charge in [-0.15, -0.1) is 11.8 Å². The molecule has 0 saturated carbocycles. The minimum Gasteiger partial charge on any atom is -0.326 e. The normalized spacial score (nSPS) is 11.2. The van der Waals surface area contributed by atoms with Gasteiger partial charge in [-0.25, -0.2) is 13.6 Å². The Morgan fingerprint density at radius 3 is 2.48 bits per heavy atom. The van der Waals surface area contributed by atoms with E-state index in [0.29, 0.717) is 12.8 Å². The molecule has 0 spiro atoms. The van der Waals surface area contributed by atoms with E-state index < -0.39 is 10.0 Å². The molecular weight excluding hydrogens is 332 g/mol. The van der Waals surface area contributed by atoms with Gasteiger partial charge in [0, 0.05) is 17.0 Å². The van der Waals surface area contributed by atoms with E-state index in [9.17, 15) is 13.2 Å². The Kier molecular flexibility index (Phi) is 5.81. The molecule has 0 radical (unpaired) electrons. The third kappa shape index (κ3) is 5.38. The van der Waals surface area contributed by atoms with Gasteiger partial charge < -0.3 is 5.32 Å². The standard InChI is InChI=1S/C16H18N2O3S2/c1-22-14-4-2-3-13(11-14)18-16(19)10-7-12-5-8-15(9-6-12)23(17,20)21/h2-6,8-9,11H,7,10H2,1H3,(H,18,19)(H2,17,20,21). The van der Waals surface area contributed by atoms with Crippen molar-refractivity contribution >= 4 is 33.4 Å². The zero-order chi connectivity index (χ0) is 16.9. The number of thioether (sulfide) groups is 1. The summed E-state index contributed by atoms with van der Waals surface area (Å²) in [5, 5.41) is 7.90. The monoisotopic (exact) mass is 350 g/mol. The largest absolute Gasteiger partial charge is 0.326 e. The average Bonchev–Trinajstić information content (AvgIpc) is 2.52. The van der Waals surface area contributed by atoms with Gasteiger partial charge >= 0.3 is 0 Å². The third-order valence-corrected chi connectivity index (χ3v) is 4.90. The van der Waals surface area contributed by atoms with Crippen molar-refractivity contribution in [2.24, 2.45) is 5.14 Å². The molecule has 0 fully saturated rings. The molecule has 7 heteroatoms. The molecule has 3 N–H and O–H groups in total. The molecule has 0 aliphatic carbocycles. The smallest absolute Gasteiger partial charge is 0.238 e. The molecule has 0 unspecified atom stereocenters. The highest BCUT2D eigenvalue weighted by atomic mass is 32.2. The van der Waals surface area contributed by atoms with Crippen LogP contribution in [0, 0.1) is 0 Å². The topological polar surface area (TPSA) is 89.3 Å². The van der Waals surface area contributed by atoms with E-state index in [2.05, 4.69) is 5.32 Å². The Labute approximate surface area is 140 Å². The Hall–Kier alpha value is -1.83. The Morgan fingerprint density at radius 2 is 1.87 bits per heavy atom. The maximum Gasteiger partial charge on any atom is 0.238 e. The van der Waals surface area contributed by atoms with Gasteiger partial charge in [-0.1, -0.05) is 18.2 Å². The fourth-order valence-electron chi connectivity index (χ4n) is 2.03. The van der Waals surface area contributed by atoms with Gasteiger partial charge in [0.15, 0.2) is 0 Å². The number of anilines is 1. The number of benzene rings is 2. The van der Waals surface area contributed by atoms with Crippen LogP contribution in [0.2, 0.25) is 0 Å². The van der Waals surface area contributed by atoms with Crippen LogP contribution in [0.1, 0.15) is 12.0 Å². The molecule has 122 valence electrons. The highest BCUT2D eigenvalue weighted by Gasteiger charge is 2.08. The van der Waals surface area contributed by atoms with E-state index in [-0.39, 0.29) is 10.8 Å². The number of hydrogen-bond acceptors (Lipinski definition) is 4. The summed E-state index contributed by atoms with van der Waals surface area (Å²) >= 11 is 1.61. The number of aryl methyl sites for hydroxylation is 1. The molecule has 0 aliphatic rings. The summed E-state index contributed by atoms with van der Waals surface area (Å²) in [7, 11) is -3.68. The quantitative estimate of drug-likeness (QED) is 0.784. The predicted molar refractivity (Wildman–Crippen MR) is 93.0 cm³/mol. The summed E-state index contributed by atoms with van der Waals surface area (Å²) in [6, 6.07) is 13.9. The van der Waals surface area contributed by atoms with Gasteiger partial charge in [-0.2, -0.15) is 0 Å².